The molecule has 0 unspecified atom stereocenters. The van der Waals surface area contributed by atoms with Crippen LogP contribution < -0.4 is 10.5 Å². The van der Waals surface area contributed by atoms with Gasteiger partial charge in [-0.2, -0.15) is 0 Å². The summed E-state index contributed by atoms with van der Waals surface area (Å²) in [5.74, 6) is 0.727. The van der Waals surface area contributed by atoms with Crippen LogP contribution in [0.15, 0.2) is 58.4 Å². The molecule has 2 rings (SSSR count). The monoisotopic (exact) mass is 374 g/mol. The van der Waals surface area contributed by atoms with Gasteiger partial charge in [0.05, 0.1) is 4.90 Å². The van der Waals surface area contributed by atoms with Crippen LogP contribution in [0.25, 0.3) is 0 Å². The molecule has 2 aromatic rings. The Morgan fingerprint density at radius 3 is 2.35 bits per heavy atom. The quantitative estimate of drug-likeness (QED) is 0.599. The van der Waals surface area contributed by atoms with E-state index in [9.17, 15) is 8.42 Å². The summed E-state index contributed by atoms with van der Waals surface area (Å²) < 4.78 is 22.9. The molecule has 26 heavy (non-hydrogen) atoms. The third-order valence-electron chi connectivity index (χ3n) is 4.10. The number of hydrogen-bond donors (Lipinski definition) is 2. The summed E-state index contributed by atoms with van der Waals surface area (Å²) in [4.78, 5) is 6.42. The van der Waals surface area contributed by atoms with Gasteiger partial charge in [-0.15, -0.1) is 0 Å². The maximum Gasteiger partial charge on any atom is 0.238 e. The molecule has 0 aliphatic heterocycles. The fraction of sp³-hybridized carbons (Fsp3) is 0.316. The van der Waals surface area contributed by atoms with E-state index in [-0.39, 0.29) is 4.90 Å². The lowest BCUT2D eigenvalue weighted by atomic mass is 10.1. The predicted octanol–water partition coefficient (Wildman–Crippen LogP) is 2.10. The predicted molar refractivity (Wildman–Crippen MR) is 105 cm³/mol. The van der Waals surface area contributed by atoms with E-state index < -0.39 is 10.0 Å². The highest BCUT2D eigenvalue weighted by molar-refractivity contribution is 7.89. The molecular formula is C19H26N4O2S. The highest BCUT2D eigenvalue weighted by Gasteiger charge is 2.10. The highest BCUT2D eigenvalue weighted by Crippen LogP contribution is 2.10. The molecule has 0 aliphatic carbocycles. The minimum Gasteiger partial charge on any atom is -0.352 e. The molecule has 0 fully saturated rings. The van der Waals surface area contributed by atoms with Crippen molar-refractivity contribution in [3.8, 4) is 0 Å². The molecule has 0 bridgehead atoms. The van der Waals surface area contributed by atoms with Gasteiger partial charge in [0.25, 0.3) is 0 Å². The molecular weight excluding hydrogens is 348 g/mol. The number of sulfonamides is 1. The lowest BCUT2D eigenvalue weighted by Crippen LogP contribution is -2.38. The van der Waals surface area contributed by atoms with E-state index in [4.69, 9.17) is 5.14 Å². The lowest BCUT2D eigenvalue weighted by molar-refractivity contribution is 0.476. The average molecular weight is 375 g/mol. The van der Waals surface area contributed by atoms with Gasteiger partial charge in [-0.1, -0.05) is 43.3 Å². The highest BCUT2D eigenvalue weighted by atomic mass is 32.2. The van der Waals surface area contributed by atoms with Gasteiger partial charge in [-0.25, -0.2) is 13.6 Å². The Kier molecular flexibility index (Phi) is 6.76. The summed E-state index contributed by atoms with van der Waals surface area (Å²) >= 11 is 0. The first-order chi connectivity index (χ1) is 12.3. The Balaban J connectivity index is 2.00. The van der Waals surface area contributed by atoms with Crippen LogP contribution in [0, 0.1) is 0 Å². The van der Waals surface area contributed by atoms with Gasteiger partial charge in [0, 0.05) is 27.2 Å². The number of nitrogens with zero attached hydrogens (tertiary/aromatic N) is 2. The van der Waals surface area contributed by atoms with E-state index in [2.05, 4.69) is 41.5 Å². The number of benzene rings is 2. The van der Waals surface area contributed by atoms with Crippen molar-refractivity contribution in [1.82, 2.24) is 10.2 Å². The fourth-order valence-electron chi connectivity index (χ4n) is 2.63. The summed E-state index contributed by atoms with van der Waals surface area (Å²) in [5.41, 5.74) is 3.33. The van der Waals surface area contributed by atoms with E-state index in [1.165, 1.54) is 17.2 Å². The largest absolute Gasteiger partial charge is 0.352 e. The van der Waals surface area contributed by atoms with Gasteiger partial charge in [0.1, 0.15) is 0 Å². The topological polar surface area (TPSA) is 87.8 Å². The molecule has 3 N–H and O–H groups in total. The first-order valence-electron chi connectivity index (χ1n) is 8.45. The van der Waals surface area contributed by atoms with Crippen LogP contribution in [0.5, 0.6) is 0 Å². The maximum atomic E-state index is 11.5. The first kappa shape index (κ1) is 19.9. The number of nitrogens with one attached hydrogen (secondary N) is 1. The molecule has 6 nitrogen and oxygen atoms in total. The molecule has 0 atom stereocenters. The molecule has 0 aromatic heterocycles. The third kappa shape index (κ3) is 5.57. The van der Waals surface area contributed by atoms with Crippen molar-refractivity contribution in [2.45, 2.75) is 31.3 Å². The van der Waals surface area contributed by atoms with Gasteiger partial charge in [-0.05, 0) is 35.2 Å². The smallest absolute Gasteiger partial charge is 0.238 e. The van der Waals surface area contributed by atoms with Crippen molar-refractivity contribution < 1.29 is 8.42 Å². The van der Waals surface area contributed by atoms with Crippen molar-refractivity contribution in [2.75, 3.05) is 14.1 Å². The van der Waals surface area contributed by atoms with Crippen LogP contribution >= 0.6 is 0 Å². The zero-order chi connectivity index (χ0) is 19.2. The standard InChI is InChI=1S/C19H26N4O2S/c1-4-15-8-10-16(11-9-15)14-23(3)19(21-2)22-13-17-6-5-7-18(12-17)26(20,24)25/h5-12H,4,13-14H2,1-3H3,(H,21,22)(H2,20,24,25). The Morgan fingerprint density at radius 2 is 1.77 bits per heavy atom. The van der Waals surface area contributed by atoms with Gasteiger partial charge in [0.15, 0.2) is 5.96 Å². The number of primary sulfonamides is 1. The van der Waals surface area contributed by atoms with Gasteiger partial charge in [0.2, 0.25) is 10.0 Å². The molecule has 0 amide bonds. The summed E-state index contributed by atoms with van der Waals surface area (Å²) in [6, 6.07) is 15.1. The zero-order valence-electron chi connectivity index (χ0n) is 15.4. The average Bonchev–Trinajstić information content (AvgIpc) is 2.62. The number of nitrogens with two attached hydrogens (primary N) is 1. The van der Waals surface area contributed by atoms with Crippen LogP contribution in [-0.4, -0.2) is 33.4 Å². The lowest BCUT2D eigenvalue weighted by Gasteiger charge is -2.22. The Hall–Kier alpha value is -2.38. The Labute approximate surface area is 155 Å². The molecule has 0 heterocycles. The summed E-state index contributed by atoms with van der Waals surface area (Å²) in [6.45, 7) is 3.31. The minimum atomic E-state index is -3.70. The fourth-order valence-corrected chi connectivity index (χ4v) is 3.21. The molecule has 0 spiro atoms. The third-order valence-corrected chi connectivity index (χ3v) is 5.01. The second-order valence-corrected chi connectivity index (χ2v) is 7.68. The molecule has 0 saturated heterocycles. The van der Waals surface area contributed by atoms with Crippen molar-refractivity contribution in [1.29, 1.82) is 0 Å². The summed E-state index contributed by atoms with van der Waals surface area (Å²) in [6.07, 6.45) is 1.02. The molecule has 140 valence electrons. The number of rotatable bonds is 6. The second-order valence-electron chi connectivity index (χ2n) is 6.12. The van der Waals surface area contributed by atoms with Crippen molar-refractivity contribution in [3.63, 3.8) is 0 Å². The number of guanidine groups is 1. The first-order valence-corrected chi connectivity index (χ1v) is 9.99. The van der Waals surface area contributed by atoms with Gasteiger partial charge < -0.3 is 10.2 Å². The number of aryl methyl sites for hydroxylation is 1. The maximum absolute atomic E-state index is 11.5. The molecule has 0 saturated carbocycles. The van der Waals surface area contributed by atoms with E-state index >= 15 is 0 Å². The van der Waals surface area contributed by atoms with Crippen molar-refractivity contribution in [3.05, 3.63) is 65.2 Å². The van der Waals surface area contributed by atoms with Crippen LogP contribution in [0.1, 0.15) is 23.6 Å². The molecule has 7 heteroatoms. The Bertz CT molecular complexity index is 861. The molecule has 2 aromatic carbocycles. The van der Waals surface area contributed by atoms with Crippen LogP contribution in [0.4, 0.5) is 0 Å². The minimum absolute atomic E-state index is 0.108. The van der Waals surface area contributed by atoms with Crippen LogP contribution in [-0.2, 0) is 29.5 Å². The number of aliphatic imine (C=N–C) groups is 1. The van der Waals surface area contributed by atoms with Crippen LogP contribution in [0.3, 0.4) is 0 Å². The van der Waals surface area contributed by atoms with Gasteiger partial charge >= 0.3 is 0 Å². The Morgan fingerprint density at radius 1 is 1.12 bits per heavy atom. The van der Waals surface area contributed by atoms with Gasteiger partial charge in [-0.3, -0.25) is 4.99 Å². The normalized spacial score (nSPS) is 12.1. The van der Waals surface area contributed by atoms with Crippen LogP contribution in [0.2, 0.25) is 0 Å². The van der Waals surface area contributed by atoms with E-state index in [1.54, 1.807) is 19.2 Å². The zero-order valence-corrected chi connectivity index (χ0v) is 16.3. The SMILES string of the molecule is CCc1ccc(CN(C)C(=NC)NCc2cccc(S(N)(=O)=O)c2)cc1. The summed E-state index contributed by atoms with van der Waals surface area (Å²) in [7, 11) is -0.0166. The van der Waals surface area contributed by atoms with E-state index in [0.717, 1.165) is 24.5 Å². The molecule has 0 radical (unpaired) electrons. The summed E-state index contributed by atoms with van der Waals surface area (Å²) in [5, 5.41) is 8.43. The van der Waals surface area contributed by atoms with Crippen molar-refractivity contribution in [2.24, 2.45) is 10.1 Å². The van der Waals surface area contributed by atoms with E-state index in [0.29, 0.717) is 6.54 Å². The molecule has 0 aliphatic rings. The van der Waals surface area contributed by atoms with E-state index in [1.807, 2.05) is 18.0 Å². The van der Waals surface area contributed by atoms with Crippen molar-refractivity contribution >= 4 is 16.0 Å². The second kappa shape index (κ2) is 8.82. The number of hydrogen-bond acceptors (Lipinski definition) is 3.